The van der Waals surface area contributed by atoms with E-state index in [4.69, 9.17) is 16.3 Å². The fraction of sp³-hybridized carbons (Fsp3) is 0.286. The van der Waals surface area contributed by atoms with Crippen LogP contribution in [0.2, 0.25) is 5.02 Å². The number of aromatic nitrogens is 2. The second-order valence-corrected chi connectivity index (χ2v) is 6.90. The third-order valence-corrected chi connectivity index (χ3v) is 4.81. The Morgan fingerprint density at radius 2 is 2.12 bits per heavy atom. The summed E-state index contributed by atoms with van der Waals surface area (Å²) >= 11 is 5.63. The maximum absolute atomic E-state index is 13.9. The molecule has 0 unspecified atom stereocenters. The van der Waals surface area contributed by atoms with Crippen molar-refractivity contribution in [2.45, 2.75) is 18.7 Å². The van der Waals surface area contributed by atoms with Crippen LogP contribution in [-0.4, -0.2) is 30.5 Å². The number of esters is 1. The molecule has 2 aromatic rings. The zero-order chi connectivity index (χ0) is 18.1. The third-order valence-electron chi connectivity index (χ3n) is 3.20. The van der Waals surface area contributed by atoms with Crippen LogP contribution in [0.4, 0.5) is 10.2 Å². The first kappa shape index (κ1) is 18.2. The van der Waals surface area contributed by atoms with E-state index in [1.54, 1.807) is 13.8 Å². The van der Waals surface area contributed by atoms with E-state index < -0.39 is 26.7 Å². The topological polar surface area (TPSA) is 90.3 Å². The molecule has 1 N–H and O–H groups in total. The number of ether oxygens (including phenoxy) is 1. The van der Waals surface area contributed by atoms with E-state index in [9.17, 15) is 17.6 Å². The first-order chi connectivity index (χ1) is 11.2. The molecule has 0 atom stereocenters. The standard InChI is InChI=1S/C14H15ClFN3O4S/c1-4-23-14(20)12-13(19(3)8(2)17-12)18-24(21,22)11-6-5-9(15)7-10(11)16/h5-7,18H,4H2,1-3H3. The molecule has 1 heterocycles. The van der Waals surface area contributed by atoms with Crippen LogP contribution < -0.4 is 4.72 Å². The largest absolute Gasteiger partial charge is 0.461 e. The number of hydrogen-bond acceptors (Lipinski definition) is 5. The number of carbonyl (C=O) groups excluding carboxylic acids is 1. The van der Waals surface area contributed by atoms with Gasteiger partial charge in [-0.2, -0.15) is 0 Å². The first-order valence-electron chi connectivity index (χ1n) is 6.85. The van der Waals surface area contributed by atoms with Crippen LogP contribution in [-0.2, 0) is 21.8 Å². The van der Waals surface area contributed by atoms with Crippen LogP contribution in [0.5, 0.6) is 0 Å². The fourth-order valence-corrected chi connectivity index (χ4v) is 3.26. The van der Waals surface area contributed by atoms with Crippen molar-refractivity contribution in [3.63, 3.8) is 0 Å². The van der Waals surface area contributed by atoms with Crippen molar-refractivity contribution in [3.8, 4) is 0 Å². The van der Waals surface area contributed by atoms with Crippen molar-refractivity contribution < 1.29 is 22.3 Å². The van der Waals surface area contributed by atoms with Crippen LogP contribution >= 0.6 is 11.6 Å². The highest BCUT2D eigenvalue weighted by atomic mass is 35.5. The average molecular weight is 376 g/mol. The minimum atomic E-state index is -4.29. The van der Waals surface area contributed by atoms with Gasteiger partial charge < -0.3 is 9.30 Å². The highest BCUT2D eigenvalue weighted by Gasteiger charge is 2.27. The van der Waals surface area contributed by atoms with Crippen molar-refractivity contribution in [2.75, 3.05) is 11.3 Å². The average Bonchev–Trinajstić information content (AvgIpc) is 2.75. The molecule has 2 rings (SSSR count). The lowest BCUT2D eigenvalue weighted by molar-refractivity contribution is 0.0521. The summed E-state index contributed by atoms with van der Waals surface area (Å²) in [5, 5.41) is 0.0649. The number of hydrogen-bond donors (Lipinski definition) is 1. The number of imidazole rings is 1. The van der Waals surface area contributed by atoms with E-state index in [2.05, 4.69) is 9.71 Å². The van der Waals surface area contributed by atoms with Crippen LogP contribution in [0.1, 0.15) is 23.2 Å². The number of halogens is 2. The zero-order valence-electron chi connectivity index (χ0n) is 13.1. The van der Waals surface area contributed by atoms with Gasteiger partial charge in [-0.3, -0.25) is 4.72 Å². The minimum absolute atomic E-state index is 0.0649. The number of anilines is 1. The summed E-state index contributed by atoms with van der Waals surface area (Å²) in [5.74, 6) is -1.52. The number of benzene rings is 1. The maximum Gasteiger partial charge on any atom is 0.360 e. The Kier molecular flexibility index (Phi) is 5.14. The fourth-order valence-electron chi connectivity index (χ4n) is 1.94. The first-order valence-corrected chi connectivity index (χ1v) is 8.71. The van der Waals surface area contributed by atoms with E-state index in [1.165, 1.54) is 17.7 Å². The van der Waals surface area contributed by atoms with Crippen LogP contribution in [0.3, 0.4) is 0 Å². The highest BCUT2D eigenvalue weighted by Crippen LogP contribution is 2.24. The summed E-state index contributed by atoms with van der Waals surface area (Å²) in [6.45, 7) is 3.30. The molecule has 1 aromatic heterocycles. The quantitative estimate of drug-likeness (QED) is 0.811. The molecule has 0 aliphatic rings. The van der Waals surface area contributed by atoms with Gasteiger partial charge in [0, 0.05) is 12.1 Å². The van der Waals surface area contributed by atoms with Gasteiger partial charge in [0.15, 0.2) is 11.5 Å². The van der Waals surface area contributed by atoms with Crippen LogP contribution in [0, 0.1) is 12.7 Å². The molecule has 0 bridgehead atoms. The molecule has 10 heteroatoms. The molecule has 0 saturated heterocycles. The van der Waals surface area contributed by atoms with Gasteiger partial charge in [-0.25, -0.2) is 22.6 Å². The molecule has 7 nitrogen and oxygen atoms in total. The number of nitrogens with one attached hydrogen (secondary N) is 1. The van der Waals surface area contributed by atoms with E-state index in [0.717, 1.165) is 12.1 Å². The van der Waals surface area contributed by atoms with Gasteiger partial charge >= 0.3 is 5.97 Å². The van der Waals surface area contributed by atoms with Crippen molar-refractivity contribution in [1.29, 1.82) is 0 Å². The van der Waals surface area contributed by atoms with Gasteiger partial charge in [0.2, 0.25) is 0 Å². The Balaban J connectivity index is 2.48. The van der Waals surface area contributed by atoms with E-state index >= 15 is 0 Å². The number of rotatable bonds is 5. The Hall–Kier alpha value is -2.13. The Morgan fingerprint density at radius 3 is 2.71 bits per heavy atom. The van der Waals surface area contributed by atoms with Gasteiger partial charge in [0.25, 0.3) is 10.0 Å². The maximum atomic E-state index is 13.9. The summed E-state index contributed by atoms with van der Waals surface area (Å²) in [6, 6.07) is 3.17. The second-order valence-electron chi connectivity index (χ2n) is 4.82. The summed E-state index contributed by atoms with van der Waals surface area (Å²) < 4.78 is 47.2. The molecule has 0 fully saturated rings. The smallest absolute Gasteiger partial charge is 0.360 e. The van der Waals surface area contributed by atoms with Crippen LogP contribution in [0.25, 0.3) is 0 Å². The highest BCUT2D eigenvalue weighted by molar-refractivity contribution is 7.92. The second kappa shape index (κ2) is 6.78. The van der Waals surface area contributed by atoms with E-state index in [-0.39, 0.29) is 23.1 Å². The molecular formula is C14H15ClFN3O4S. The third kappa shape index (κ3) is 3.51. The van der Waals surface area contributed by atoms with Crippen molar-refractivity contribution in [3.05, 3.63) is 40.6 Å². The lowest BCUT2D eigenvalue weighted by Crippen LogP contribution is -2.19. The normalized spacial score (nSPS) is 11.4. The lowest BCUT2D eigenvalue weighted by atomic mass is 10.3. The molecule has 0 radical (unpaired) electrons. The summed E-state index contributed by atoms with van der Waals surface area (Å²) in [5.41, 5.74) is -0.199. The molecule has 0 aliphatic carbocycles. The number of sulfonamides is 1. The van der Waals surface area contributed by atoms with Gasteiger partial charge in [0.05, 0.1) is 6.61 Å². The SMILES string of the molecule is CCOC(=O)c1nc(C)n(C)c1NS(=O)(=O)c1ccc(Cl)cc1F. The Labute approximate surface area is 143 Å². The molecular weight excluding hydrogens is 361 g/mol. The lowest BCUT2D eigenvalue weighted by Gasteiger charge is -2.11. The van der Waals surface area contributed by atoms with Crippen molar-refractivity contribution in [1.82, 2.24) is 9.55 Å². The van der Waals surface area contributed by atoms with E-state index in [0.29, 0.717) is 5.82 Å². The minimum Gasteiger partial charge on any atom is -0.461 e. The number of carbonyl (C=O) groups is 1. The molecule has 0 spiro atoms. The predicted octanol–water partition coefficient (Wildman–Crippen LogP) is 2.50. The number of nitrogens with zero attached hydrogens (tertiary/aromatic N) is 2. The van der Waals surface area contributed by atoms with Crippen LogP contribution in [0.15, 0.2) is 23.1 Å². The molecule has 0 aliphatic heterocycles. The van der Waals surface area contributed by atoms with Crippen molar-refractivity contribution in [2.24, 2.45) is 7.05 Å². The summed E-state index contributed by atoms with van der Waals surface area (Å²) in [4.78, 5) is 15.3. The number of aryl methyl sites for hydroxylation is 1. The zero-order valence-corrected chi connectivity index (χ0v) is 14.7. The Morgan fingerprint density at radius 1 is 1.46 bits per heavy atom. The molecule has 0 amide bonds. The molecule has 24 heavy (non-hydrogen) atoms. The van der Waals surface area contributed by atoms with Crippen molar-refractivity contribution >= 4 is 33.4 Å². The van der Waals surface area contributed by atoms with Gasteiger partial charge in [0.1, 0.15) is 16.5 Å². The van der Waals surface area contributed by atoms with Gasteiger partial charge in [-0.1, -0.05) is 11.6 Å². The summed E-state index contributed by atoms with van der Waals surface area (Å²) in [6.07, 6.45) is 0. The predicted molar refractivity (Wildman–Crippen MR) is 86.1 cm³/mol. The Bertz CT molecular complexity index is 896. The van der Waals surface area contributed by atoms with Gasteiger partial charge in [-0.15, -0.1) is 0 Å². The molecule has 1 aromatic carbocycles. The monoisotopic (exact) mass is 375 g/mol. The molecule has 0 saturated carbocycles. The molecule has 130 valence electrons. The summed E-state index contributed by atoms with van der Waals surface area (Å²) in [7, 11) is -2.78. The van der Waals surface area contributed by atoms with E-state index in [1.807, 2.05) is 0 Å². The van der Waals surface area contributed by atoms with Gasteiger partial charge in [-0.05, 0) is 32.0 Å².